The standard InChI is InChI=1S/C28H27ClN4O6S/c1-32(2)12-13-40(37,38)31-23(34)10-11-33-21-9-8-16(39-3)14-19(21)24-22(33)15-18(17-6-4-5-7-20(17)29)25-26(24)28(36)30-27(25)35/h4-9,14-15H,10-13H2,1-3H3,(H,31,34)(H,30,35,36). The summed E-state index contributed by atoms with van der Waals surface area (Å²) in [6, 6.07) is 14.1. The number of hydrogen-bond donors (Lipinski definition) is 2. The van der Waals surface area contributed by atoms with E-state index in [0.717, 1.165) is 0 Å². The fourth-order valence-corrected chi connectivity index (χ4v) is 6.37. The third-order valence-electron chi connectivity index (χ3n) is 6.85. The van der Waals surface area contributed by atoms with Crippen molar-refractivity contribution in [3.63, 3.8) is 0 Å². The van der Waals surface area contributed by atoms with Gasteiger partial charge >= 0.3 is 0 Å². The summed E-state index contributed by atoms with van der Waals surface area (Å²) in [7, 11) is 1.22. The van der Waals surface area contributed by atoms with Gasteiger partial charge in [0.15, 0.2) is 0 Å². The zero-order chi connectivity index (χ0) is 28.8. The molecule has 208 valence electrons. The van der Waals surface area contributed by atoms with Crippen molar-refractivity contribution in [3.05, 3.63) is 64.7 Å². The number of sulfonamides is 1. The third-order valence-corrected chi connectivity index (χ3v) is 8.43. The van der Waals surface area contributed by atoms with Crippen LogP contribution in [0.15, 0.2) is 48.5 Å². The highest BCUT2D eigenvalue weighted by atomic mass is 35.5. The smallest absolute Gasteiger partial charge is 0.259 e. The van der Waals surface area contributed by atoms with Crippen LogP contribution < -0.4 is 14.8 Å². The Bertz CT molecular complexity index is 1810. The normalized spacial score (nSPS) is 13.2. The summed E-state index contributed by atoms with van der Waals surface area (Å²) in [5, 5.41) is 3.99. The molecule has 3 amide bonds. The van der Waals surface area contributed by atoms with Crippen LogP contribution in [-0.4, -0.2) is 69.1 Å². The molecule has 4 aromatic rings. The Kier molecular flexibility index (Phi) is 7.30. The van der Waals surface area contributed by atoms with Gasteiger partial charge in [0.05, 0.1) is 29.5 Å². The number of aromatic nitrogens is 1. The van der Waals surface area contributed by atoms with E-state index in [2.05, 4.69) is 10.0 Å². The summed E-state index contributed by atoms with van der Waals surface area (Å²) in [5.41, 5.74) is 2.76. The molecule has 0 aliphatic carbocycles. The number of carbonyl (C=O) groups excluding carboxylic acids is 3. The van der Waals surface area contributed by atoms with Gasteiger partial charge in [-0.25, -0.2) is 8.42 Å². The second kappa shape index (κ2) is 10.6. The maximum Gasteiger partial charge on any atom is 0.259 e. The van der Waals surface area contributed by atoms with Crippen LogP contribution in [-0.2, 0) is 21.4 Å². The molecule has 0 saturated carbocycles. The Labute approximate surface area is 235 Å². The summed E-state index contributed by atoms with van der Waals surface area (Å²) in [4.78, 5) is 40.6. The van der Waals surface area contributed by atoms with Crippen molar-refractivity contribution >= 4 is 61.2 Å². The monoisotopic (exact) mass is 582 g/mol. The first-order valence-corrected chi connectivity index (χ1v) is 14.5. The lowest BCUT2D eigenvalue weighted by molar-refractivity contribution is -0.119. The van der Waals surface area contributed by atoms with E-state index in [1.165, 1.54) is 7.11 Å². The zero-order valence-electron chi connectivity index (χ0n) is 22.1. The number of halogens is 1. The Morgan fingerprint density at radius 3 is 2.45 bits per heavy atom. The van der Waals surface area contributed by atoms with Gasteiger partial charge in [-0.3, -0.25) is 24.4 Å². The van der Waals surface area contributed by atoms with Gasteiger partial charge in [-0.15, -0.1) is 0 Å². The van der Waals surface area contributed by atoms with Crippen molar-refractivity contribution < 1.29 is 27.5 Å². The molecular weight excluding hydrogens is 556 g/mol. The molecule has 0 saturated heterocycles. The molecule has 3 aromatic carbocycles. The fourth-order valence-electron chi connectivity index (χ4n) is 4.98. The number of hydrogen-bond acceptors (Lipinski definition) is 7. The Morgan fingerprint density at radius 2 is 1.75 bits per heavy atom. The van der Waals surface area contributed by atoms with Crippen LogP contribution in [0.2, 0.25) is 5.02 Å². The molecular formula is C28H27ClN4O6S. The van der Waals surface area contributed by atoms with Gasteiger partial charge in [-0.1, -0.05) is 29.8 Å². The molecule has 1 aromatic heterocycles. The molecule has 40 heavy (non-hydrogen) atoms. The summed E-state index contributed by atoms with van der Waals surface area (Å²) in [6.07, 6.45) is -0.143. The number of ether oxygens (including phenoxy) is 1. The van der Waals surface area contributed by atoms with Crippen molar-refractivity contribution in [2.75, 3.05) is 33.5 Å². The summed E-state index contributed by atoms with van der Waals surface area (Å²) < 4.78 is 34.1. The highest BCUT2D eigenvalue weighted by molar-refractivity contribution is 7.90. The van der Waals surface area contributed by atoms with Crippen LogP contribution in [0.1, 0.15) is 27.1 Å². The molecule has 0 bridgehead atoms. The molecule has 0 unspecified atom stereocenters. The lowest BCUT2D eigenvalue weighted by Crippen LogP contribution is -2.36. The highest BCUT2D eigenvalue weighted by Gasteiger charge is 2.35. The number of amides is 3. The number of carbonyl (C=O) groups is 3. The number of methoxy groups -OCH3 is 1. The van der Waals surface area contributed by atoms with Crippen LogP contribution in [0.25, 0.3) is 32.9 Å². The fraction of sp³-hybridized carbons (Fsp3) is 0.250. The Hall–Kier alpha value is -3.93. The third kappa shape index (κ3) is 5.03. The predicted molar refractivity (Wildman–Crippen MR) is 153 cm³/mol. The Balaban J connectivity index is 1.67. The number of fused-ring (bicyclic) bond motifs is 5. The van der Waals surface area contributed by atoms with Crippen molar-refractivity contribution in [3.8, 4) is 16.9 Å². The van der Waals surface area contributed by atoms with Crippen molar-refractivity contribution in [1.29, 1.82) is 0 Å². The molecule has 12 heteroatoms. The maximum absolute atomic E-state index is 13.2. The first kappa shape index (κ1) is 27.6. The minimum atomic E-state index is -3.80. The van der Waals surface area contributed by atoms with E-state index in [-0.39, 0.29) is 36.4 Å². The molecule has 5 rings (SSSR count). The molecule has 2 heterocycles. The van der Waals surface area contributed by atoms with Gasteiger partial charge in [0.25, 0.3) is 11.8 Å². The van der Waals surface area contributed by atoms with Crippen LogP contribution in [0.5, 0.6) is 5.75 Å². The molecule has 10 nitrogen and oxygen atoms in total. The van der Waals surface area contributed by atoms with E-state index in [9.17, 15) is 22.8 Å². The second-order valence-corrected chi connectivity index (χ2v) is 12.0. The van der Waals surface area contributed by atoms with Gasteiger partial charge in [-0.2, -0.15) is 0 Å². The lowest BCUT2D eigenvalue weighted by Gasteiger charge is -2.13. The maximum atomic E-state index is 13.2. The van der Waals surface area contributed by atoms with E-state index >= 15 is 0 Å². The van der Waals surface area contributed by atoms with Crippen LogP contribution in [0.3, 0.4) is 0 Å². The molecule has 0 spiro atoms. The van der Waals surface area contributed by atoms with Crippen LogP contribution in [0.4, 0.5) is 0 Å². The van der Waals surface area contributed by atoms with Gasteiger partial charge in [0.2, 0.25) is 15.9 Å². The SMILES string of the molecule is COc1ccc2c(c1)c1c3c(c(-c4ccccc4Cl)cc1n2CCC(=O)NS(=O)(=O)CCN(C)C)C(=O)NC3=O. The van der Waals surface area contributed by atoms with E-state index < -0.39 is 27.7 Å². The van der Waals surface area contributed by atoms with Gasteiger partial charge in [0.1, 0.15) is 5.75 Å². The molecule has 2 N–H and O–H groups in total. The average molecular weight is 583 g/mol. The first-order valence-electron chi connectivity index (χ1n) is 12.5. The second-order valence-electron chi connectivity index (χ2n) is 9.76. The van der Waals surface area contributed by atoms with Gasteiger partial charge in [0, 0.05) is 46.4 Å². The topological polar surface area (TPSA) is 127 Å². The summed E-state index contributed by atoms with van der Waals surface area (Å²) >= 11 is 6.51. The van der Waals surface area contributed by atoms with E-state index in [1.807, 2.05) is 4.57 Å². The summed E-state index contributed by atoms with van der Waals surface area (Å²) in [6.45, 7) is 0.381. The molecule has 0 atom stereocenters. The number of benzene rings is 3. The first-order chi connectivity index (χ1) is 19.0. The molecule has 0 radical (unpaired) electrons. The number of imide groups is 1. The molecule has 1 aliphatic heterocycles. The van der Waals surface area contributed by atoms with Crippen molar-refractivity contribution in [2.24, 2.45) is 0 Å². The van der Waals surface area contributed by atoms with Crippen LogP contribution in [0, 0.1) is 0 Å². The van der Waals surface area contributed by atoms with E-state index in [1.54, 1.807) is 67.5 Å². The number of aryl methyl sites for hydroxylation is 1. The lowest BCUT2D eigenvalue weighted by atomic mass is 9.93. The Morgan fingerprint density at radius 1 is 1.02 bits per heavy atom. The predicted octanol–water partition coefficient (Wildman–Crippen LogP) is 3.40. The number of nitrogens with one attached hydrogen (secondary N) is 2. The van der Waals surface area contributed by atoms with E-state index in [0.29, 0.717) is 43.7 Å². The highest BCUT2D eigenvalue weighted by Crippen LogP contribution is 2.42. The minimum absolute atomic E-state index is 0.109. The zero-order valence-corrected chi connectivity index (χ0v) is 23.6. The van der Waals surface area contributed by atoms with Gasteiger partial charge in [-0.05, 0) is 50.0 Å². The largest absolute Gasteiger partial charge is 0.497 e. The molecule has 0 fully saturated rings. The minimum Gasteiger partial charge on any atom is -0.497 e. The van der Waals surface area contributed by atoms with Gasteiger partial charge < -0.3 is 14.2 Å². The summed E-state index contributed by atoms with van der Waals surface area (Å²) in [5.74, 6) is -1.38. The van der Waals surface area contributed by atoms with Crippen LogP contribution >= 0.6 is 11.6 Å². The number of nitrogens with zero attached hydrogens (tertiary/aromatic N) is 2. The number of rotatable bonds is 9. The quantitative estimate of drug-likeness (QED) is 0.290. The van der Waals surface area contributed by atoms with Crippen molar-refractivity contribution in [1.82, 2.24) is 19.5 Å². The average Bonchev–Trinajstić information content (AvgIpc) is 3.38. The van der Waals surface area contributed by atoms with Crippen molar-refractivity contribution in [2.45, 2.75) is 13.0 Å². The molecule has 1 aliphatic rings. The van der Waals surface area contributed by atoms with E-state index in [4.69, 9.17) is 16.3 Å².